The van der Waals surface area contributed by atoms with E-state index in [0.29, 0.717) is 12.1 Å². The number of carbonyl (C=O) groups is 1. The Bertz CT molecular complexity index is 342. The topological polar surface area (TPSA) is 35.6 Å². The van der Waals surface area contributed by atoms with Crippen molar-refractivity contribution >= 4 is 18.3 Å². The van der Waals surface area contributed by atoms with E-state index in [9.17, 15) is 4.79 Å². The lowest BCUT2D eigenvalue weighted by Gasteiger charge is -2.34. The lowest BCUT2D eigenvalue weighted by Crippen LogP contribution is -2.45. The zero-order chi connectivity index (χ0) is 13.9. The van der Waals surface area contributed by atoms with Gasteiger partial charge in [-0.25, -0.2) is 0 Å². The van der Waals surface area contributed by atoms with Crippen LogP contribution in [0, 0.1) is 5.92 Å². The van der Waals surface area contributed by atoms with E-state index >= 15 is 0 Å². The van der Waals surface area contributed by atoms with Crippen molar-refractivity contribution in [3.63, 3.8) is 0 Å². The molecule has 1 saturated carbocycles. The van der Waals surface area contributed by atoms with Crippen molar-refractivity contribution in [2.45, 2.75) is 57.5 Å². The summed E-state index contributed by atoms with van der Waals surface area (Å²) >= 11 is 0. The molecule has 3 rings (SSSR count). The first-order valence-corrected chi connectivity index (χ1v) is 8.46. The molecule has 0 aromatic heterocycles. The fourth-order valence-corrected chi connectivity index (χ4v) is 3.89. The highest BCUT2D eigenvalue weighted by molar-refractivity contribution is 5.85. The van der Waals surface area contributed by atoms with Crippen molar-refractivity contribution in [3.05, 3.63) is 0 Å². The molecule has 0 spiro atoms. The quantitative estimate of drug-likeness (QED) is 0.841. The molecule has 1 aliphatic carbocycles. The van der Waals surface area contributed by atoms with E-state index in [-0.39, 0.29) is 18.3 Å². The third kappa shape index (κ3) is 4.57. The fraction of sp³-hybridized carbons (Fsp3) is 0.938. The van der Waals surface area contributed by atoms with Gasteiger partial charge < -0.3 is 10.2 Å². The normalized spacial score (nSPS) is 27.4. The summed E-state index contributed by atoms with van der Waals surface area (Å²) in [6.07, 6.45) is 7.68. The second-order valence-electron chi connectivity index (χ2n) is 6.89. The molecule has 2 aliphatic heterocycles. The molecule has 1 unspecified atom stereocenters. The van der Waals surface area contributed by atoms with Gasteiger partial charge in [0.05, 0.1) is 0 Å². The molecule has 21 heavy (non-hydrogen) atoms. The number of halogens is 1. The number of rotatable bonds is 5. The Labute approximate surface area is 135 Å². The van der Waals surface area contributed by atoms with Crippen LogP contribution < -0.4 is 5.32 Å². The number of piperidine rings is 1. The lowest BCUT2D eigenvalue weighted by atomic mass is 9.97. The Kier molecular flexibility index (Phi) is 6.33. The number of hydrogen-bond donors (Lipinski definition) is 1. The summed E-state index contributed by atoms with van der Waals surface area (Å²) in [6, 6.07) is 1.18. The summed E-state index contributed by atoms with van der Waals surface area (Å²) < 4.78 is 0. The molecular formula is C16H30ClN3O. The lowest BCUT2D eigenvalue weighted by molar-refractivity contribution is -0.130. The Morgan fingerprint density at radius 2 is 1.90 bits per heavy atom. The molecule has 1 atom stereocenters. The minimum Gasteiger partial charge on any atom is -0.338 e. The number of nitrogens with one attached hydrogen (secondary N) is 1. The van der Waals surface area contributed by atoms with Crippen LogP contribution in [0.5, 0.6) is 0 Å². The van der Waals surface area contributed by atoms with Crippen molar-refractivity contribution in [3.8, 4) is 0 Å². The van der Waals surface area contributed by atoms with E-state index in [1.54, 1.807) is 6.92 Å². The van der Waals surface area contributed by atoms with Crippen molar-refractivity contribution in [1.29, 1.82) is 0 Å². The monoisotopic (exact) mass is 315 g/mol. The predicted molar refractivity (Wildman–Crippen MR) is 87.8 cm³/mol. The molecular weight excluding hydrogens is 286 g/mol. The molecule has 0 aromatic rings. The standard InChI is InChI=1S/C16H29N3O.ClH/c1-13(20)19(15-4-5-15)12-16-3-2-10-18(16)11-14-6-8-17-9-7-14;/h14-17H,2-12H2,1H3;1H. The van der Waals surface area contributed by atoms with Crippen molar-refractivity contribution < 1.29 is 4.79 Å². The van der Waals surface area contributed by atoms with Gasteiger partial charge in [0.2, 0.25) is 5.91 Å². The molecule has 0 radical (unpaired) electrons. The number of hydrogen-bond acceptors (Lipinski definition) is 3. The minimum absolute atomic E-state index is 0. The molecule has 5 heteroatoms. The summed E-state index contributed by atoms with van der Waals surface area (Å²) in [4.78, 5) is 16.6. The van der Waals surface area contributed by atoms with Gasteiger partial charge in [-0.15, -0.1) is 12.4 Å². The molecule has 2 heterocycles. The van der Waals surface area contributed by atoms with Gasteiger partial charge in [-0.05, 0) is 64.1 Å². The molecule has 4 nitrogen and oxygen atoms in total. The number of carbonyl (C=O) groups excluding carboxylic acids is 1. The number of nitrogens with zero attached hydrogens (tertiary/aromatic N) is 2. The maximum atomic E-state index is 11.8. The number of amides is 1. The predicted octanol–water partition coefficient (Wildman–Crippen LogP) is 1.88. The summed E-state index contributed by atoms with van der Waals surface area (Å²) in [5.74, 6) is 1.14. The van der Waals surface area contributed by atoms with Gasteiger partial charge in [0, 0.05) is 32.1 Å². The largest absolute Gasteiger partial charge is 0.338 e. The van der Waals surface area contributed by atoms with Crippen molar-refractivity contribution in [2.75, 3.05) is 32.7 Å². The molecule has 0 aromatic carbocycles. The van der Waals surface area contributed by atoms with Gasteiger partial charge in [0.1, 0.15) is 0 Å². The molecule has 3 fully saturated rings. The zero-order valence-electron chi connectivity index (χ0n) is 13.2. The van der Waals surface area contributed by atoms with Gasteiger partial charge in [0.15, 0.2) is 0 Å². The summed E-state index contributed by atoms with van der Waals surface area (Å²) in [5.41, 5.74) is 0. The highest BCUT2D eigenvalue weighted by atomic mass is 35.5. The fourth-order valence-electron chi connectivity index (χ4n) is 3.89. The highest BCUT2D eigenvalue weighted by Crippen LogP contribution is 2.30. The highest BCUT2D eigenvalue weighted by Gasteiger charge is 2.35. The second-order valence-corrected chi connectivity index (χ2v) is 6.89. The minimum atomic E-state index is 0. The van der Waals surface area contributed by atoms with Crippen LogP contribution in [0.25, 0.3) is 0 Å². The van der Waals surface area contributed by atoms with Gasteiger partial charge in [-0.1, -0.05) is 0 Å². The first kappa shape index (κ1) is 17.0. The van der Waals surface area contributed by atoms with Crippen molar-refractivity contribution in [1.82, 2.24) is 15.1 Å². The summed E-state index contributed by atoms with van der Waals surface area (Å²) in [6.45, 7) is 7.58. The molecule has 122 valence electrons. The Balaban J connectivity index is 0.00000161. The van der Waals surface area contributed by atoms with Gasteiger partial charge in [-0.3, -0.25) is 9.69 Å². The SMILES string of the molecule is CC(=O)N(CC1CCCN1CC1CCNCC1)C1CC1.Cl. The number of likely N-dealkylation sites (tertiary alicyclic amines) is 1. The van der Waals surface area contributed by atoms with Crippen LogP contribution in [0.2, 0.25) is 0 Å². The average molecular weight is 316 g/mol. The molecule has 1 N–H and O–H groups in total. The Morgan fingerprint density at radius 1 is 1.19 bits per heavy atom. The van der Waals surface area contributed by atoms with Crippen LogP contribution in [0.3, 0.4) is 0 Å². The van der Waals surface area contributed by atoms with Crippen LogP contribution in [0.4, 0.5) is 0 Å². The third-order valence-electron chi connectivity index (χ3n) is 5.25. The van der Waals surface area contributed by atoms with Gasteiger partial charge in [0.25, 0.3) is 0 Å². The molecule has 1 amide bonds. The molecule has 3 aliphatic rings. The summed E-state index contributed by atoms with van der Waals surface area (Å²) in [7, 11) is 0. The van der Waals surface area contributed by atoms with E-state index < -0.39 is 0 Å². The Hall–Kier alpha value is -0.320. The zero-order valence-corrected chi connectivity index (χ0v) is 14.0. The van der Waals surface area contributed by atoms with Crippen LogP contribution in [0.15, 0.2) is 0 Å². The first-order valence-electron chi connectivity index (χ1n) is 8.46. The summed E-state index contributed by atoms with van der Waals surface area (Å²) in [5, 5.41) is 3.45. The smallest absolute Gasteiger partial charge is 0.219 e. The van der Waals surface area contributed by atoms with Crippen LogP contribution in [-0.2, 0) is 4.79 Å². The maximum Gasteiger partial charge on any atom is 0.219 e. The van der Waals surface area contributed by atoms with E-state index in [1.165, 1.54) is 64.7 Å². The van der Waals surface area contributed by atoms with E-state index in [2.05, 4.69) is 15.1 Å². The van der Waals surface area contributed by atoms with Crippen LogP contribution in [-0.4, -0.2) is 60.5 Å². The van der Waals surface area contributed by atoms with E-state index in [0.717, 1.165) is 12.5 Å². The third-order valence-corrected chi connectivity index (χ3v) is 5.25. The molecule has 0 bridgehead atoms. The van der Waals surface area contributed by atoms with Crippen molar-refractivity contribution in [2.24, 2.45) is 5.92 Å². The van der Waals surface area contributed by atoms with Gasteiger partial charge >= 0.3 is 0 Å². The first-order chi connectivity index (χ1) is 9.74. The van der Waals surface area contributed by atoms with Crippen LogP contribution >= 0.6 is 12.4 Å². The van der Waals surface area contributed by atoms with E-state index in [4.69, 9.17) is 0 Å². The Morgan fingerprint density at radius 3 is 2.52 bits per heavy atom. The van der Waals surface area contributed by atoms with E-state index in [1.807, 2.05) is 0 Å². The maximum absolute atomic E-state index is 11.8. The second kappa shape index (κ2) is 7.80. The molecule has 2 saturated heterocycles. The average Bonchev–Trinajstić information content (AvgIpc) is 3.19. The van der Waals surface area contributed by atoms with Crippen LogP contribution in [0.1, 0.15) is 45.4 Å². The van der Waals surface area contributed by atoms with Gasteiger partial charge in [-0.2, -0.15) is 0 Å².